The van der Waals surface area contributed by atoms with Crippen molar-refractivity contribution in [2.75, 3.05) is 5.32 Å². The molecule has 0 atom stereocenters. The number of nitrogens with zero attached hydrogens (tertiary/aromatic N) is 3. The van der Waals surface area contributed by atoms with Crippen LogP contribution in [0.15, 0.2) is 36.5 Å². The van der Waals surface area contributed by atoms with Gasteiger partial charge in [-0.25, -0.2) is 4.79 Å². The first kappa shape index (κ1) is 15.7. The number of anilines is 1. The number of aliphatic carboxylic acids is 1. The monoisotopic (exact) mass is 327 g/mol. The molecule has 0 aliphatic carbocycles. The number of aromatic amines is 1. The summed E-state index contributed by atoms with van der Waals surface area (Å²) in [6, 6.07) is 9.08. The van der Waals surface area contributed by atoms with Crippen molar-refractivity contribution in [3.8, 4) is 0 Å². The number of nitrogens with one attached hydrogen (secondary N) is 2. The van der Waals surface area contributed by atoms with E-state index in [4.69, 9.17) is 0 Å². The van der Waals surface area contributed by atoms with Crippen molar-refractivity contribution in [3.05, 3.63) is 42.2 Å². The Balaban J connectivity index is 1.72. The Morgan fingerprint density at radius 2 is 2.04 bits per heavy atom. The van der Waals surface area contributed by atoms with E-state index in [0.29, 0.717) is 11.5 Å². The Labute approximate surface area is 137 Å². The van der Waals surface area contributed by atoms with Gasteiger partial charge in [0.15, 0.2) is 11.4 Å². The predicted octanol–water partition coefficient (Wildman–Crippen LogP) is 1.76. The summed E-state index contributed by atoms with van der Waals surface area (Å²) in [6.07, 6.45) is 1.64. The lowest BCUT2D eigenvalue weighted by Crippen LogP contribution is -2.36. The summed E-state index contributed by atoms with van der Waals surface area (Å²) in [5.74, 6) is -0.965. The number of carbonyl (C=O) groups excluding carboxylic acids is 1. The number of benzene rings is 1. The van der Waals surface area contributed by atoms with Gasteiger partial charge in [0.05, 0.1) is 17.6 Å². The van der Waals surface area contributed by atoms with Crippen molar-refractivity contribution in [1.82, 2.24) is 20.0 Å². The molecule has 0 bridgehead atoms. The van der Waals surface area contributed by atoms with Crippen molar-refractivity contribution >= 4 is 28.6 Å². The third kappa shape index (κ3) is 2.85. The van der Waals surface area contributed by atoms with Gasteiger partial charge in [0.25, 0.3) is 0 Å². The maximum atomic E-state index is 12.2. The van der Waals surface area contributed by atoms with Crippen LogP contribution in [0.25, 0.3) is 10.9 Å². The lowest BCUT2D eigenvalue weighted by molar-refractivity contribution is -0.146. The lowest BCUT2D eigenvalue weighted by atomic mass is 10.1. The standard InChI is InChI=1S/C16H17N5O3/c1-16(2,15(23)24)21-8-7-13(20-21)17-14(22)9-12-10-5-3-4-6-11(10)18-19-12/h3-8H,9H2,1-2H3,(H,18,19)(H,23,24)(H,17,20,22). The van der Waals surface area contributed by atoms with Crippen LogP contribution in [0.1, 0.15) is 19.5 Å². The van der Waals surface area contributed by atoms with E-state index < -0.39 is 11.5 Å². The van der Waals surface area contributed by atoms with Crippen LogP contribution in [0.4, 0.5) is 5.82 Å². The van der Waals surface area contributed by atoms with Gasteiger partial charge in [-0.1, -0.05) is 18.2 Å². The Bertz CT molecular complexity index is 909. The molecule has 3 N–H and O–H groups in total. The van der Waals surface area contributed by atoms with E-state index in [1.807, 2.05) is 24.3 Å². The number of para-hydroxylation sites is 1. The molecule has 3 aromatic rings. The highest BCUT2D eigenvalue weighted by Gasteiger charge is 2.30. The zero-order valence-corrected chi connectivity index (χ0v) is 13.3. The summed E-state index contributed by atoms with van der Waals surface area (Å²) in [6.45, 7) is 3.06. The van der Waals surface area contributed by atoms with Crippen LogP contribution in [-0.2, 0) is 21.5 Å². The second-order valence-electron chi connectivity index (χ2n) is 5.95. The number of hydrogen-bond acceptors (Lipinski definition) is 4. The van der Waals surface area contributed by atoms with Crippen molar-refractivity contribution in [2.24, 2.45) is 0 Å². The molecule has 0 spiro atoms. The molecule has 0 aliphatic heterocycles. The van der Waals surface area contributed by atoms with Crippen LogP contribution in [0.2, 0.25) is 0 Å². The van der Waals surface area contributed by atoms with Crippen LogP contribution in [-0.4, -0.2) is 37.0 Å². The molecule has 124 valence electrons. The fourth-order valence-electron chi connectivity index (χ4n) is 2.30. The molecule has 0 fully saturated rings. The molecule has 3 rings (SSSR count). The highest BCUT2D eigenvalue weighted by Crippen LogP contribution is 2.18. The average Bonchev–Trinajstić information content (AvgIpc) is 3.15. The van der Waals surface area contributed by atoms with Gasteiger partial charge >= 0.3 is 5.97 Å². The molecule has 0 saturated carbocycles. The number of amides is 1. The minimum atomic E-state index is -1.19. The minimum Gasteiger partial charge on any atom is -0.479 e. The third-order valence-electron chi connectivity index (χ3n) is 3.83. The Hall–Kier alpha value is -3.16. The molecule has 2 heterocycles. The van der Waals surface area contributed by atoms with Gasteiger partial charge in [0.2, 0.25) is 5.91 Å². The zero-order valence-electron chi connectivity index (χ0n) is 13.3. The number of carbonyl (C=O) groups is 2. The van der Waals surface area contributed by atoms with E-state index in [-0.39, 0.29) is 12.3 Å². The molecule has 0 aliphatic rings. The molecule has 0 saturated heterocycles. The fraction of sp³-hybridized carbons (Fsp3) is 0.250. The van der Waals surface area contributed by atoms with Crippen LogP contribution in [0.3, 0.4) is 0 Å². The maximum Gasteiger partial charge on any atom is 0.331 e. The molecule has 8 heteroatoms. The van der Waals surface area contributed by atoms with E-state index in [1.165, 1.54) is 24.7 Å². The van der Waals surface area contributed by atoms with Crippen LogP contribution in [0, 0.1) is 0 Å². The Kier molecular flexibility index (Phi) is 3.80. The van der Waals surface area contributed by atoms with Gasteiger partial charge in [-0.15, -0.1) is 0 Å². The van der Waals surface area contributed by atoms with Gasteiger partial charge < -0.3 is 10.4 Å². The van der Waals surface area contributed by atoms with Crippen molar-refractivity contribution in [2.45, 2.75) is 25.8 Å². The number of H-pyrrole nitrogens is 1. The highest BCUT2D eigenvalue weighted by molar-refractivity contribution is 5.94. The van der Waals surface area contributed by atoms with E-state index in [1.54, 1.807) is 6.07 Å². The zero-order chi connectivity index (χ0) is 17.3. The first-order valence-corrected chi connectivity index (χ1v) is 7.39. The van der Waals surface area contributed by atoms with Crippen LogP contribution < -0.4 is 5.32 Å². The van der Waals surface area contributed by atoms with Crippen molar-refractivity contribution in [3.63, 3.8) is 0 Å². The molecule has 1 amide bonds. The quantitative estimate of drug-likeness (QED) is 0.661. The number of carboxylic acids is 1. The van der Waals surface area contributed by atoms with E-state index in [0.717, 1.165) is 10.9 Å². The first-order valence-electron chi connectivity index (χ1n) is 7.39. The molecule has 1 aromatic carbocycles. The van der Waals surface area contributed by atoms with E-state index >= 15 is 0 Å². The molecule has 0 unspecified atom stereocenters. The number of aromatic nitrogens is 4. The lowest BCUT2D eigenvalue weighted by Gasteiger charge is -2.19. The van der Waals surface area contributed by atoms with Crippen LogP contribution in [0.5, 0.6) is 0 Å². The highest BCUT2D eigenvalue weighted by atomic mass is 16.4. The Morgan fingerprint density at radius 3 is 2.79 bits per heavy atom. The summed E-state index contributed by atoms with van der Waals surface area (Å²) in [5, 5.41) is 23.9. The number of fused-ring (bicyclic) bond motifs is 1. The number of carboxylic acid groups (broad SMARTS) is 1. The first-order chi connectivity index (χ1) is 11.4. The topological polar surface area (TPSA) is 113 Å². The summed E-state index contributed by atoms with van der Waals surface area (Å²) >= 11 is 0. The summed E-state index contributed by atoms with van der Waals surface area (Å²) in [5.41, 5.74) is 0.323. The van der Waals surface area contributed by atoms with Gasteiger partial charge in [-0.2, -0.15) is 10.2 Å². The summed E-state index contributed by atoms with van der Waals surface area (Å²) in [7, 11) is 0. The molecule has 0 radical (unpaired) electrons. The molecule has 2 aromatic heterocycles. The van der Waals surface area contributed by atoms with E-state index in [9.17, 15) is 14.7 Å². The predicted molar refractivity (Wildman–Crippen MR) is 87.6 cm³/mol. The van der Waals surface area contributed by atoms with Crippen LogP contribution >= 0.6 is 0 Å². The fourth-order valence-corrected chi connectivity index (χ4v) is 2.30. The van der Waals surface area contributed by atoms with Crippen molar-refractivity contribution < 1.29 is 14.7 Å². The van der Waals surface area contributed by atoms with Gasteiger partial charge in [-0.3, -0.25) is 14.6 Å². The summed E-state index contributed by atoms with van der Waals surface area (Å²) in [4.78, 5) is 23.4. The minimum absolute atomic E-state index is 0.121. The second-order valence-corrected chi connectivity index (χ2v) is 5.95. The average molecular weight is 327 g/mol. The largest absolute Gasteiger partial charge is 0.479 e. The molecular formula is C16H17N5O3. The SMILES string of the molecule is CC(C)(C(=O)O)n1ccc(NC(=O)Cc2[nH]nc3ccccc23)n1. The molecule has 24 heavy (non-hydrogen) atoms. The van der Waals surface area contributed by atoms with Gasteiger partial charge in [0, 0.05) is 17.6 Å². The van der Waals surface area contributed by atoms with Gasteiger partial charge in [0.1, 0.15) is 0 Å². The maximum absolute atomic E-state index is 12.2. The molecule has 8 nitrogen and oxygen atoms in total. The van der Waals surface area contributed by atoms with E-state index in [2.05, 4.69) is 20.6 Å². The third-order valence-corrected chi connectivity index (χ3v) is 3.83. The smallest absolute Gasteiger partial charge is 0.331 e. The second kappa shape index (κ2) is 5.80. The summed E-state index contributed by atoms with van der Waals surface area (Å²) < 4.78 is 1.30. The normalized spacial score (nSPS) is 11.6. The number of hydrogen-bond donors (Lipinski definition) is 3. The molecular weight excluding hydrogens is 310 g/mol. The van der Waals surface area contributed by atoms with Crippen molar-refractivity contribution in [1.29, 1.82) is 0 Å². The van der Waals surface area contributed by atoms with Gasteiger partial charge in [-0.05, 0) is 19.9 Å². The number of rotatable bonds is 5. The Morgan fingerprint density at radius 1 is 1.29 bits per heavy atom.